The van der Waals surface area contributed by atoms with Gasteiger partial charge in [0, 0.05) is 19.6 Å². The van der Waals surface area contributed by atoms with E-state index in [0.29, 0.717) is 31.9 Å². The molecule has 3 atom stereocenters. The van der Waals surface area contributed by atoms with Gasteiger partial charge >= 0.3 is 12.1 Å². The van der Waals surface area contributed by atoms with Crippen LogP contribution < -0.4 is 5.32 Å². The highest BCUT2D eigenvalue weighted by Crippen LogP contribution is 2.18. The molecule has 152 valence electrons. The number of urea groups is 2. The summed E-state index contributed by atoms with van der Waals surface area (Å²) in [6.07, 6.45) is 5.95. The Morgan fingerprint density at radius 2 is 1.41 bits per heavy atom. The van der Waals surface area contributed by atoms with Gasteiger partial charge in [0.2, 0.25) is 6.41 Å². The number of nitrogens with one attached hydrogen (secondary N) is 1. The highest BCUT2D eigenvalue weighted by atomic mass is 16.6. The van der Waals surface area contributed by atoms with Crippen molar-refractivity contribution < 1.29 is 28.6 Å². The number of hydrogen-bond donors (Lipinski definition) is 1. The molecule has 0 aromatic rings. The molecule has 3 rings (SSSR count). The molecule has 3 aliphatic rings. The molecule has 0 bridgehead atoms. The minimum Gasteiger partial charge on any atom is -0.373 e. The average molecular weight is 383 g/mol. The maximum atomic E-state index is 12.7. The summed E-state index contributed by atoms with van der Waals surface area (Å²) in [6.45, 7) is 3.32. The molecule has 0 aliphatic carbocycles. The van der Waals surface area contributed by atoms with Gasteiger partial charge in [-0.2, -0.15) is 0 Å². The van der Waals surface area contributed by atoms with E-state index in [-0.39, 0.29) is 25.3 Å². The van der Waals surface area contributed by atoms with Crippen LogP contribution in [0.4, 0.5) is 9.59 Å². The third-order valence-corrected chi connectivity index (χ3v) is 4.87. The monoisotopic (exact) mass is 383 g/mol. The second kappa shape index (κ2) is 10.0. The predicted octanol–water partition coefficient (Wildman–Crippen LogP) is 1.11. The Hall–Kier alpha value is -1.71. The molecule has 0 aromatic carbocycles. The number of amides is 5. The molecule has 27 heavy (non-hydrogen) atoms. The second-order valence-corrected chi connectivity index (χ2v) is 7.26. The van der Waals surface area contributed by atoms with Crippen molar-refractivity contribution in [2.75, 3.05) is 39.5 Å². The molecule has 3 heterocycles. The first kappa shape index (κ1) is 20.0. The van der Waals surface area contributed by atoms with E-state index in [2.05, 4.69) is 5.32 Å². The average Bonchev–Trinajstić information content (AvgIpc) is 3.51. The number of hydrogen-bond acceptors (Lipinski definition) is 6. The normalized spacial score (nSPS) is 24.8. The van der Waals surface area contributed by atoms with Crippen molar-refractivity contribution >= 4 is 18.5 Å². The summed E-state index contributed by atoms with van der Waals surface area (Å²) in [5.41, 5.74) is 0. The van der Waals surface area contributed by atoms with Crippen LogP contribution in [-0.2, 0) is 19.0 Å². The molecule has 0 saturated carbocycles. The highest BCUT2D eigenvalue weighted by Gasteiger charge is 2.29. The van der Waals surface area contributed by atoms with E-state index in [1.807, 2.05) is 0 Å². The molecule has 9 nitrogen and oxygen atoms in total. The van der Waals surface area contributed by atoms with Gasteiger partial charge in [-0.05, 0) is 38.5 Å². The fourth-order valence-corrected chi connectivity index (χ4v) is 2.92. The van der Waals surface area contributed by atoms with Crippen LogP contribution in [0.15, 0.2) is 0 Å². The predicted molar refractivity (Wildman–Crippen MR) is 95.2 cm³/mol. The zero-order chi connectivity index (χ0) is 19.1. The maximum Gasteiger partial charge on any atom is 0.334 e. The van der Waals surface area contributed by atoms with Gasteiger partial charge in [0.25, 0.3) is 0 Å². The van der Waals surface area contributed by atoms with Gasteiger partial charge in [-0.1, -0.05) is 0 Å². The number of carbonyl (C=O) groups is 3. The van der Waals surface area contributed by atoms with Crippen LogP contribution in [0.3, 0.4) is 0 Å². The van der Waals surface area contributed by atoms with Crippen molar-refractivity contribution in [1.29, 1.82) is 0 Å². The van der Waals surface area contributed by atoms with E-state index in [9.17, 15) is 14.4 Å². The van der Waals surface area contributed by atoms with Gasteiger partial charge in [0.1, 0.15) is 0 Å². The standard InChI is InChI=1S/C18H29N3O6/c22-13-20(8-2-5-15-11-26-15)18(24)21(9-3-6-16-12-27-16)17(23)19-7-1-4-14-10-25-14/h13-16H,1-12H2,(H,19,23). The largest absolute Gasteiger partial charge is 0.373 e. The van der Waals surface area contributed by atoms with Crippen molar-refractivity contribution in [3.05, 3.63) is 0 Å². The Morgan fingerprint density at radius 1 is 0.889 bits per heavy atom. The van der Waals surface area contributed by atoms with E-state index >= 15 is 0 Å². The number of imide groups is 2. The lowest BCUT2D eigenvalue weighted by atomic mass is 10.2. The van der Waals surface area contributed by atoms with Crippen molar-refractivity contribution in [3.8, 4) is 0 Å². The Kier molecular flexibility index (Phi) is 7.42. The summed E-state index contributed by atoms with van der Waals surface area (Å²) >= 11 is 0. The number of epoxide rings is 3. The number of rotatable bonds is 13. The third kappa shape index (κ3) is 7.43. The Morgan fingerprint density at radius 3 is 1.93 bits per heavy atom. The molecule has 3 aliphatic heterocycles. The lowest BCUT2D eigenvalue weighted by molar-refractivity contribution is -0.116. The first-order valence-corrected chi connectivity index (χ1v) is 9.83. The topological polar surface area (TPSA) is 107 Å². The molecular formula is C18H29N3O6. The second-order valence-electron chi connectivity index (χ2n) is 7.26. The minimum atomic E-state index is -0.568. The van der Waals surface area contributed by atoms with Crippen LogP contribution in [0, 0.1) is 0 Å². The molecule has 9 heteroatoms. The van der Waals surface area contributed by atoms with Crippen molar-refractivity contribution in [1.82, 2.24) is 15.1 Å². The van der Waals surface area contributed by atoms with Crippen molar-refractivity contribution in [2.45, 2.75) is 56.8 Å². The summed E-state index contributed by atoms with van der Waals surface area (Å²) in [7, 11) is 0. The van der Waals surface area contributed by atoms with E-state index in [1.165, 1.54) is 0 Å². The molecule has 0 spiro atoms. The zero-order valence-corrected chi connectivity index (χ0v) is 15.6. The fraction of sp³-hybridized carbons (Fsp3) is 0.833. The summed E-state index contributed by atoms with van der Waals surface area (Å²) in [4.78, 5) is 38.8. The molecule has 5 amide bonds. The quantitative estimate of drug-likeness (QED) is 0.290. The van der Waals surface area contributed by atoms with Crippen LogP contribution >= 0.6 is 0 Å². The third-order valence-electron chi connectivity index (χ3n) is 4.87. The lowest BCUT2D eigenvalue weighted by Crippen LogP contribution is -2.50. The van der Waals surface area contributed by atoms with E-state index < -0.39 is 12.1 Å². The van der Waals surface area contributed by atoms with Crippen LogP contribution in [0.5, 0.6) is 0 Å². The van der Waals surface area contributed by atoms with E-state index in [4.69, 9.17) is 14.2 Å². The summed E-state index contributed by atoms with van der Waals surface area (Å²) < 4.78 is 15.5. The van der Waals surface area contributed by atoms with Gasteiger partial charge in [0.15, 0.2) is 0 Å². The van der Waals surface area contributed by atoms with Gasteiger partial charge in [0.05, 0.1) is 38.1 Å². The minimum absolute atomic E-state index is 0.240. The van der Waals surface area contributed by atoms with Crippen molar-refractivity contribution in [2.24, 2.45) is 0 Å². The van der Waals surface area contributed by atoms with Crippen LogP contribution in [0.1, 0.15) is 38.5 Å². The fourth-order valence-electron chi connectivity index (χ4n) is 2.92. The van der Waals surface area contributed by atoms with Gasteiger partial charge in [-0.25, -0.2) is 14.5 Å². The summed E-state index contributed by atoms with van der Waals surface area (Å²) in [6, 6.07) is -1.02. The molecule has 3 unspecified atom stereocenters. The lowest BCUT2D eigenvalue weighted by Gasteiger charge is -2.26. The summed E-state index contributed by atoms with van der Waals surface area (Å²) in [5.74, 6) is 0. The van der Waals surface area contributed by atoms with Gasteiger partial charge in [-0.3, -0.25) is 9.69 Å². The number of ether oxygens (including phenoxy) is 3. The van der Waals surface area contributed by atoms with Crippen LogP contribution in [0.25, 0.3) is 0 Å². The first-order valence-electron chi connectivity index (χ1n) is 9.83. The number of nitrogens with zero attached hydrogens (tertiary/aromatic N) is 2. The Bertz CT molecular complexity index is 519. The molecule has 1 N–H and O–H groups in total. The Labute approximate surface area is 159 Å². The zero-order valence-electron chi connectivity index (χ0n) is 15.6. The molecule has 0 radical (unpaired) electrons. The van der Waals surface area contributed by atoms with Crippen LogP contribution in [-0.4, -0.2) is 86.0 Å². The van der Waals surface area contributed by atoms with Gasteiger partial charge < -0.3 is 19.5 Å². The smallest absolute Gasteiger partial charge is 0.334 e. The maximum absolute atomic E-state index is 12.7. The highest BCUT2D eigenvalue weighted by molar-refractivity contribution is 5.97. The Balaban J connectivity index is 1.45. The van der Waals surface area contributed by atoms with Crippen LogP contribution in [0.2, 0.25) is 0 Å². The van der Waals surface area contributed by atoms with E-state index in [1.54, 1.807) is 0 Å². The number of carbonyl (C=O) groups excluding carboxylic acids is 3. The summed E-state index contributed by atoms with van der Waals surface area (Å²) in [5, 5.41) is 2.78. The van der Waals surface area contributed by atoms with Gasteiger partial charge in [-0.15, -0.1) is 0 Å². The van der Waals surface area contributed by atoms with E-state index in [0.717, 1.165) is 55.3 Å². The van der Waals surface area contributed by atoms with Crippen molar-refractivity contribution in [3.63, 3.8) is 0 Å². The molecule has 3 saturated heterocycles. The molecule has 3 fully saturated rings. The molecular weight excluding hydrogens is 354 g/mol. The first-order chi connectivity index (χ1) is 13.2. The molecule has 0 aromatic heterocycles. The SMILES string of the molecule is O=CN(CCCC1CO1)C(=O)N(CCCC1CO1)C(=O)NCCCC1CO1.